The molecule has 0 bridgehead atoms. The van der Waals surface area contributed by atoms with Crippen LogP contribution in [0.15, 0.2) is 42.5 Å². The van der Waals surface area contributed by atoms with Gasteiger partial charge in [-0.05, 0) is 39.0 Å². The fourth-order valence-corrected chi connectivity index (χ4v) is 3.96. The fraction of sp³-hybridized carbons (Fsp3) is 0.435. The Labute approximate surface area is 196 Å². The Bertz CT molecular complexity index is 1010. The number of anilines is 1. The van der Waals surface area contributed by atoms with Crippen LogP contribution < -0.4 is 9.08 Å². The summed E-state index contributed by atoms with van der Waals surface area (Å²) >= 11 is 6.24. The number of rotatable bonds is 12. The van der Waals surface area contributed by atoms with E-state index in [0.717, 1.165) is 18.8 Å². The van der Waals surface area contributed by atoms with Crippen molar-refractivity contribution < 1.29 is 22.1 Å². The lowest BCUT2D eigenvalue weighted by Gasteiger charge is -2.26. The average molecular weight is 483 g/mol. The minimum Gasteiger partial charge on any atom is -0.383 e. The van der Waals surface area contributed by atoms with Gasteiger partial charge in [0, 0.05) is 50.6 Å². The number of hydrogen-bond acceptors (Lipinski definition) is 6. The maximum absolute atomic E-state index is 13.2. The molecule has 2 aromatic carbocycles. The summed E-state index contributed by atoms with van der Waals surface area (Å²) in [6.45, 7) is 7.86. The Balaban J connectivity index is 2.46. The van der Waals surface area contributed by atoms with Gasteiger partial charge in [-0.25, -0.2) is 0 Å². The largest absolute Gasteiger partial charge is 0.383 e. The van der Waals surface area contributed by atoms with Crippen molar-refractivity contribution in [3.8, 4) is 5.75 Å². The van der Waals surface area contributed by atoms with Crippen molar-refractivity contribution in [2.75, 3.05) is 44.0 Å². The van der Waals surface area contributed by atoms with Crippen LogP contribution in [0, 0.1) is 0 Å². The predicted molar refractivity (Wildman–Crippen MR) is 128 cm³/mol. The first kappa shape index (κ1) is 26.0. The Morgan fingerprint density at radius 1 is 1.06 bits per heavy atom. The van der Waals surface area contributed by atoms with Gasteiger partial charge >= 0.3 is 10.1 Å². The van der Waals surface area contributed by atoms with E-state index in [-0.39, 0.29) is 24.0 Å². The van der Waals surface area contributed by atoms with E-state index in [2.05, 4.69) is 4.90 Å². The lowest BCUT2D eigenvalue weighted by molar-refractivity contribution is 0.0680. The van der Waals surface area contributed by atoms with Crippen LogP contribution in [0.25, 0.3) is 0 Å². The Kier molecular flexibility index (Phi) is 9.81. The number of amides is 1. The second-order valence-corrected chi connectivity index (χ2v) is 9.36. The van der Waals surface area contributed by atoms with Crippen LogP contribution >= 0.6 is 11.6 Å². The zero-order chi connectivity index (χ0) is 23.7. The van der Waals surface area contributed by atoms with Crippen LogP contribution in [0.2, 0.25) is 5.02 Å². The highest BCUT2D eigenvalue weighted by Crippen LogP contribution is 2.29. The minimum absolute atomic E-state index is 0.139. The molecule has 0 unspecified atom stereocenters. The average Bonchev–Trinajstić information content (AvgIpc) is 2.78. The lowest BCUT2D eigenvalue weighted by atomic mass is 10.1. The smallest absolute Gasteiger partial charge is 0.308 e. The van der Waals surface area contributed by atoms with E-state index in [4.69, 9.17) is 20.5 Å². The summed E-state index contributed by atoms with van der Waals surface area (Å²) in [5.74, 6) is -0.219. The van der Waals surface area contributed by atoms with E-state index in [1.54, 1.807) is 48.4 Å². The third-order valence-electron chi connectivity index (χ3n) is 5.07. The molecule has 0 aliphatic carbocycles. The molecule has 0 radical (unpaired) electrons. The number of methoxy groups -OCH3 is 1. The maximum atomic E-state index is 13.2. The zero-order valence-electron chi connectivity index (χ0n) is 19.0. The van der Waals surface area contributed by atoms with E-state index < -0.39 is 10.1 Å². The summed E-state index contributed by atoms with van der Waals surface area (Å²) in [6.07, 6.45) is 0. The van der Waals surface area contributed by atoms with Crippen molar-refractivity contribution >= 4 is 33.3 Å². The van der Waals surface area contributed by atoms with Crippen LogP contribution in [0.1, 0.15) is 36.7 Å². The Morgan fingerprint density at radius 3 is 2.34 bits per heavy atom. The van der Waals surface area contributed by atoms with E-state index in [9.17, 15) is 13.2 Å². The van der Waals surface area contributed by atoms with Crippen molar-refractivity contribution in [3.05, 3.63) is 58.6 Å². The molecular formula is C23H31ClN2O5S. The molecule has 0 aliphatic rings. The summed E-state index contributed by atoms with van der Waals surface area (Å²) in [6, 6.07) is 12.2. The van der Waals surface area contributed by atoms with E-state index in [0.29, 0.717) is 29.3 Å². The monoisotopic (exact) mass is 482 g/mol. The number of benzene rings is 2. The van der Waals surface area contributed by atoms with Gasteiger partial charge in [0.25, 0.3) is 5.91 Å². The molecule has 0 N–H and O–H groups in total. The summed E-state index contributed by atoms with van der Waals surface area (Å²) in [5.41, 5.74) is 1.80. The van der Waals surface area contributed by atoms with Gasteiger partial charge < -0.3 is 18.7 Å². The number of ether oxygens (including phenoxy) is 1. The molecule has 0 heterocycles. The van der Waals surface area contributed by atoms with Crippen molar-refractivity contribution in [1.29, 1.82) is 0 Å². The highest BCUT2D eigenvalue weighted by Gasteiger charge is 2.22. The zero-order valence-corrected chi connectivity index (χ0v) is 20.6. The second kappa shape index (κ2) is 12.1. The van der Waals surface area contributed by atoms with E-state index >= 15 is 0 Å². The van der Waals surface area contributed by atoms with Crippen molar-refractivity contribution in [2.24, 2.45) is 0 Å². The standard InChI is InChI=1S/C23H31ClN2O5S/c1-5-25(6-2)19-13-12-18(22(16-19)31-32(28,29)7-3)17-26(14-15-30-4)23(27)20-10-8-9-11-21(20)24/h8-13,16H,5-7,14-15,17H2,1-4H3. The van der Waals surface area contributed by atoms with Gasteiger partial charge in [-0.2, -0.15) is 8.42 Å². The number of nitrogens with zero attached hydrogens (tertiary/aromatic N) is 2. The molecule has 176 valence electrons. The summed E-state index contributed by atoms with van der Waals surface area (Å²) in [5, 5.41) is 0.349. The van der Waals surface area contributed by atoms with Gasteiger partial charge in [-0.15, -0.1) is 0 Å². The fourth-order valence-electron chi connectivity index (χ4n) is 3.20. The van der Waals surface area contributed by atoms with Crippen molar-refractivity contribution in [2.45, 2.75) is 27.3 Å². The second-order valence-electron chi connectivity index (χ2n) is 7.09. The van der Waals surface area contributed by atoms with Crippen LogP contribution in [-0.2, 0) is 21.4 Å². The molecule has 0 aromatic heterocycles. The lowest BCUT2D eigenvalue weighted by Crippen LogP contribution is -2.34. The SMILES string of the molecule is CCN(CC)c1ccc(CN(CCOC)C(=O)c2ccccc2Cl)c(OS(=O)(=O)CC)c1. The summed E-state index contributed by atoms with van der Waals surface area (Å²) < 4.78 is 35.1. The van der Waals surface area contributed by atoms with Gasteiger partial charge in [0.1, 0.15) is 5.75 Å². The minimum atomic E-state index is -3.75. The molecule has 0 saturated carbocycles. The molecule has 0 spiro atoms. The van der Waals surface area contributed by atoms with E-state index in [1.807, 2.05) is 19.9 Å². The number of carbonyl (C=O) groups excluding carboxylic acids is 1. The van der Waals surface area contributed by atoms with Crippen LogP contribution in [0.5, 0.6) is 5.75 Å². The van der Waals surface area contributed by atoms with Crippen LogP contribution in [0.3, 0.4) is 0 Å². The molecule has 32 heavy (non-hydrogen) atoms. The molecule has 0 fully saturated rings. The predicted octanol–water partition coefficient (Wildman–Crippen LogP) is 4.20. The first-order valence-corrected chi connectivity index (χ1v) is 12.5. The molecule has 2 rings (SSSR count). The first-order valence-electron chi connectivity index (χ1n) is 10.6. The van der Waals surface area contributed by atoms with Gasteiger partial charge in [-0.3, -0.25) is 4.79 Å². The third-order valence-corrected chi connectivity index (χ3v) is 6.54. The Morgan fingerprint density at radius 2 is 1.75 bits per heavy atom. The van der Waals surface area contributed by atoms with Crippen molar-refractivity contribution in [3.63, 3.8) is 0 Å². The normalized spacial score (nSPS) is 11.3. The third kappa shape index (κ3) is 6.85. The van der Waals surface area contributed by atoms with Crippen LogP contribution in [-0.4, -0.2) is 58.3 Å². The van der Waals surface area contributed by atoms with Gasteiger partial charge in [0.2, 0.25) is 0 Å². The Hall–Kier alpha value is -2.29. The summed E-state index contributed by atoms with van der Waals surface area (Å²) in [4.78, 5) is 16.9. The van der Waals surface area contributed by atoms with Gasteiger partial charge in [-0.1, -0.05) is 29.8 Å². The highest BCUT2D eigenvalue weighted by atomic mass is 35.5. The quantitative estimate of drug-likeness (QED) is 0.422. The topological polar surface area (TPSA) is 76.2 Å². The van der Waals surface area contributed by atoms with Crippen LogP contribution in [0.4, 0.5) is 5.69 Å². The molecule has 2 aromatic rings. The number of carbonyl (C=O) groups is 1. The van der Waals surface area contributed by atoms with Gasteiger partial charge in [0.15, 0.2) is 0 Å². The summed E-state index contributed by atoms with van der Waals surface area (Å²) in [7, 11) is -2.20. The molecule has 9 heteroatoms. The van der Waals surface area contributed by atoms with Gasteiger partial charge in [0.05, 0.1) is 22.9 Å². The first-order chi connectivity index (χ1) is 15.3. The molecular weight excluding hydrogens is 452 g/mol. The van der Waals surface area contributed by atoms with E-state index in [1.165, 1.54) is 6.92 Å². The highest BCUT2D eigenvalue weighted by molar-refractivity contribution is 7.87. The maximum Gasteiger partial charge on any atom is 0.308 e. The number of hydrogen-bond donors (Lipinski definition) is 0. The molecule has 7 nitrogen and oxygen atoms in total. The molecule has 1 amide bonds. The molecule has 0 saturated heterocycles. The molecule has 0 atom stereocenters. The van der Waals surface area contributed by atoms with Crippen molar-refractivity contribution in [1.82, 2.24) is 4.90 Å². The molecule has 0 aliphatic heterocycles. The number of halogens is 1.